The van der Waals surface area contributed by atoms with Crippen LogP contribution in [-0.4, -0.2) is 89.2 Å². The maximum atomic E-state index is 14.0. The molecule has 0 bridgehead atoms. The zero-order valence-corrected chi connectivity index (χ0v) is 24.9. The molecule has 2 fully saturated rings. The largest absolute Gasteiger partial charge is 0.416 e. The zero-order valence-electron chi connectivity index (χ0n) is 24.9. The Labute approximate surface area is 254 Å². The van der Waals surface area contributed by atoms with Gasteiger partial charge in [-0.15, -0.1) is 0 Å². The van der Waals surface area contributed by atoms with Crippen molar-refractivity contribution in [1.82, 2.24) is 24.8 Å². The number of morpholine rings is 1. The normalized spacial score (nSPS) is 19.7. The number of nitrogen functional groups attached to an aromatic ring is 1. The molecule has 0 aliphatic carbocycles. The van der Waals surface area contributed by atoms with Crippen LogP contribution in [0.2, 0.25) is 0 Å². The maximum absolute atomic E-state index is 14.0. The van der Waals surface area contributed by atoms with Crippen molar-refractivity contribution in [2.24, 2.45) is 0 Å². The number of alkyl halides is 3. The number of piperazine rings is 1. The number of nitrogens with two attached hydrogens (primary N) is 1. The summed E-state index contributed by atoms with van der Waals surface area (Å²) in [5.41, 5.74) is 6.44. The second kappa shape index (κ2) is 13.2. The molecule has 2 aliphatic rings. The van der Waals surface area contributed by atoms with Crippen LogP contribution in [0, 0.1) is 11.8 Å². The van der Waals surface area contributed by atoms with Gasteiger partial charge in [-0.25, -0.2) is 4.98 Å². The number of pyridine rings is 1. The van der Waals surface area contributed by atoms with Gasteiger partial charge in [0.15, 0.2) is 0 Å². The summed E-state index contributed by atoms with van der Waals surface area (Å²) < 4.78 is 47.8. The van der Waals surface area contributed by atoms with Crippen molar-refractivity contribution >= 4 is 23.4 Å². The van der Waals surface area contributed by atoms with Crippen LogP contribution in [0.5, 0.6) is 0 Å². The Balaban J connectivity index is 1.32. The van der Waals surface area contributed by atoms with E-state index in [-0.39, 0.29) is 41.5 Å². The van der Waals surface area contributed by atoms with Crippen molar-refractivity contribution in [1.29, 1.82) is 0 Å². The van der Waals surface area contributed by atoms with Gasteiger partial charge in [-0.05, 0) is 44.7 Å². The lowest BCUT2D eigenvalue weighted by Crippen LogP contribution is -2.46. The molecule has 3 aromatic rings. The number of amides is 1. The molecule has 232 valence electrons. The molecule has 5 rings (SSSR count). The number of ether oxygens (including phenoxy) is 1. The number of likely N-dealkylation sites (N-methyl/N-ethyl adjacent to an activating group) is 1. The highest BCUT2D eigenvalue weighted by molar-refractivity contribution is 6.04. The second-order valence-corrected chi connectivity index (χ2v) is 11.2. The lowest BCUT2D eigenvalue weighted by Gasteiger charge is -2.36. The average Bonchev–Trinajstić information content (AvgIpc) is 2.97. The lowest BCUT2D eigenvalue weighted by molar-refractivity contribution is -0.138. The summed E-state index contributed by atoms with van der Waals surface area (Å²) in [5, 5.41) is 2.58. The van der Waals surface area contributed by atoms with Crippen LogP contribution in [-0.2, 0) is 17.5 Å². The van der Waals surface area contributed by atoms with E-state index in [2.05, 4.69) is 41.9 Å². The summed E-state index contributed by atoms with van der Waals surface area (Å²) in [4.78, 5) is 31.9. The molecule has 2 saturated heterocycles. The van der Waals surface area contributed by atoms with E-state index in [1.54, 1.807) is 6.20 Å². The van der Waals surface area contributed by atoms with Gasteiger partial charge in [-0.3, -0.25) is 14.7 Å². The Hall–Kier alpha value is -4.25. The third kappa shape index (κ3) is 7.82. The summed E-state index contributed by atoms with van der Waals surface area (Å²) in [6, 6.07) is 5.43. The number of rotatable bonds is 5. The number of carbonyl (C=O) groups excluding carboxylic acids is 1. The van der Waals surface area contributed by atoms with Gasteiger partial charge in [0.1, 0.15) is 5.82 Å². The highest BCUT2D eigenvalue weighted by atomic mass is 19.4. The molecular formula is C31H35F3N8O2. The number of benzene rings is 1. The minimum absolute atomic E-state index is 0.00416. The minimum atomic E-state index is -4.57. The first-order chi connectivity index (χ1) is 20.9. The van der Waals surface area contributed by atoms with E-state index in [1.807, 2.05) is 25.8 Å². The monoisotopic (exact) mass is 608 g/mol. The second-order valence-electron chi connectivity index (χ2n) is 11.2. The average molecular weight is 609 g/mol. The predicted octanol–water partition coefficient (Wildman–Crippen LogP) is 3.49. The van der Waals surface area contributed by atoms with Gasteiger partial charge >= 0.3 is 6.18 Å². The van der Waals surface area contributed by atoms with Crippen molar-refractivity contribution in [2.45, 2.75) is 38.8 Å². The summed E-state index contributed by atoms with van der Waals surface area (Å²) in [6.45, 7) is 8.35. The number of anilines is 3. The molecule has 44 heavy (non-hydrogen) atoms. The van der Waals surface area contributed by atoms with Gasteiger partial charge in [-0.2, -0.15) is 18.2 Å². The molecule has 4 heterocycles. The van der Waals surface area contributed by atoms with E-state index in [0.717, 1.165) is 19.2 Å². The quantitative estimate of drug-likeness (QED) is 0.421. The number of hydrogen-bond acceptors (Lipinski definition) is 9. The van der Waals surface area contributed by atoms with E-state index in [1.165, 1.54) is 30.6 Å². The Bertz CT molecular complexity index is 1550. The number of nitrogens with zero attached hydrogens (tertiary/aromatic N) is 6. The summed E-state index contributed by atoms with van der Waals surface area (Å²) >= 11 is 0. The molecular weight excluding hydrogens is 573 g/mol. The molecule has 2 aromatic heterocycles. The molecule has 3 N–H and O–H groups in total. The molecule has 0 spiro atoms. The van der Waals surface area contributed by atoms with Gasteiger partial charge < -0.3 is 25.6 Å². The Morgan fingerprint density at radius 3 is 2.50 bits per heavy atom. The predicted molar refractivity (Wildman–Crippen MR) is 161 cm³/mol. The van der Waals surface area contributed by atoms with Crippen LogP contribution in [0.25, 0.3) is 0 Å². The van der Waals surface area contributed by atoms with E-state index in [0.29, 0.717) is 43.1 Å². The third-order valence-electron chi connectivity index (χ3n) is 7.51. The maximum Gasteiger partial charge on any atom is 0.416 e. The molecule has 1 amide bonds. The van der Waals surface area contributed by atoms with E-state index < -0.39 is 17.6 Å². The standard InChI is InChI=1S/C31H35F3N8O2/c1-20-17-42(18-21(2)44-20)28-23(16-37-30(35)39-28)5-4-22-12-25(15-36-14-22)29(43)38-26-7-6-24(27(13-26)31(32,33)34)19-41-10-8-40(3)9-11-41/h6-7,12-16,20-21H,8-11,17-19H2,1-3H3,(H,38,43)(H2,35,37,39)/t20-,21+. The van der Waals surface area contributed by atoms with E-state index in [4.69, 9.17) is 10.5 Å². The zero-order chi connectivity index (χ0) is 31.4. The van der Waals surface area contributed by atoms with Crippen LogP contribution >= 0.6 is 0 Å². The summed E-state index contributed by atoms with van der Waals surface area (Å²) in [7, 11) is 1.99. The fourth-order valence-corrected chi connectivity index (χ4v) is 5.34. The smallest absolute Gasteiger partial charge is 0.372 e. The van der Waals surface area contributed by atoms with Crippen LogP contribution in [0.3, 0.4) is 0 Å². The first-order valence-electron chi connectivity index (χ1n) is 14.4. The minimum Gasteiger partial charge on any atom is -0.372 e. The van der Waals surface area contributed by atoms with Gasteiger partial charge in [0.05, 0.1) is 35.1 Å². The molecule has 2 aliphatic heterocycles. The highest BCUT2D eigenvalue weighted by Crippen LogP contribution is 2.35. The van der Waals surface area contributed by atoms with E-state index >= 15 is 0 Å². The Kier molecular flexibility index (Phi) is 9.33. The highest BCUT2D eigenvalue weighted by Gasteiger charge is 2.34. The molecule has 2 atom stereocenters. The van der Waals surface area contributed by atoms with Crippen molar-refractivity contribution in [3.8, 4) is 11.8 Å². The number of halogens is 3. The number of aromatic nitrogens is 3. The number of hydrogen-bond donors (Lipinski definition) is 2. The van der Waals surface area contributed by atoms with Crippen LogP contribution in [0.1, 0.15) is 46.5 Å². The van der Waals surface area contributed by atoms with Crippen molar-refractivity contribution in [2.75, 3.05) is 62.3 Å². The third-order valence-corrected chi connectivity index (χ3v) is 7.51. The molecule has 10 nitrogen and oxygen atoms in total. The van der Waals surface area contributed by atoms with Crippen molar-refractivity contribution < 1.29 is 22.7 Å². The van der Waals surface area contributed by atoms with E-state index in [9.17, 15) is 18.0 Å². The SMILES string of the molecule is C[C@@H]1CN(c2nc(N)ncc2C#Cc2cncc(C(=O)Nc3ccc(CN4CCN(C)CC4)c(C(F)(F)F)c3)c2)C[C@H](C)O1. The van der Waals surface area contributed by atoms with Crippen molar-refractivity contribution in [3.63, 3.8) is 0 Å². The Morgan fingerprint density at radius 2 is 1.80 bits per heavy atom. The van der Waals surface area contributed by atoms with Crippen LogP contribution in [0.15, 0.2) is 42.9 Å². The fourth-order valence-electron chi connectivity index (χ4n) is 5.34. The van der Waals surface area contributed by atoms with Gasteiger partial charge in [0.25, 0.3) is 5.91 Å². The fraction of sp³-hybridized carbons (Fsp3) is 0.419. The molecule has 0 radical (unpaired) electrons. The molecule has 0 saturated carbocycles. The first kappa shape index (κ1) is 31.2. The summed E-state index contributed by atoms with van der Waals surface area (Å²) in [5.74, 6) is 6.15. The van der Waals surface area contributed by atoms with Crippen LogP contribution in [0.4, 0.5) is 30.6 Å². The summed E-state index contributed by atoms with van der Waals surface area (Å²) in [6.07, 6.45) is -0.199. The van der Waals surface area contributed by atoms with Gasteiger partial charge in [0, 0.05) is 69.5 Å². The Morgan fingerprint density at radius 1 is 1.07 bits per heavy atom. The molecule has 13 heteroatoms. The van der Waals surface area contributed by atoms with Crippen molar-refractivity contribution in [3.05, 3.63) is 70.7 Å². The van der Waals surface area contributed by atoms with Gasteiger partial charge in [0.2, 0.25) is 5.95 Å². The number of nitrogens with one attached hydrogen (secondary N) is 1. The first-order valence-corrected chi connectivity index (χ1v) is 14.4. The molecule has 1 aromatic carbocycles. The van der Waals surface area contributed by atoms with Crippen LogP contribution < -0.4 is 16.0 Å². The topological polar surface area (TPSA) is 113 Å². The lowest BCUT2D eigenvalue weighted by atomic mass is 10.0. The number of carbonyl (C=O) groups is 1. The van der Waals surface area contributed by atoms with Gasteiger partial charge in [-0.1, -0.05) is 17.9 Å². The molecule has 0 unspecified atom stereocenters.